The second kappa shape index (κ2) is 7.76. The van der Waals surface area contributed by atoms with Crippen molar-refractivity contribution < 1.29 is 9.53 Å². The standard InChI is InChI=1S/C14H23N3O2/c1-11(12-5-4-6-13(15)9-12)17(2)10-14(18)16-7-8-19-3/h4-6,9,11H,7-8,10,15H2,1-3H3,(H,16,18). The molecule has 0 bridgehead atoms. The van der Waals surface area contributed by atoms with Crippen LogP contribution in [0.5, 0.6) is 0 Å². The Balaban J connectivity index is 2.48. The van der Waals surface area contributed by atoms with Crippen LogP contribution >= 0.6 is 0 Å². The van der Waals surface area contributed by atoms with Gasteiger partial charge in [0, 0.05) is 25.4 Å². The molecule has 0 spiro atoms. The number of nitrogens with one attached hydrogen (secondary N) is 1. The number of carbonyl (C=O) groups is 1. The average Bonchev–Trinajstić information content (AvgIpc) is 2.38. The Labute approximate surface area is 114 Å². The zero-order valence-electron chi connectivity index (χ0n) is 11.8. The van der Waals surface area contributed by atoms with E-state index in [0.717, 1.165) is 11.3 Å². The van der Waals surface area contributed by atoms with E-state index in [9.17, 15) is 4.79 Å². The molecule has 1 rings (SSSR count). The van der Waals surface area contributed by atoms with E-state index in [0.29, 0.717) is 19.7 Å². The van der Waals surface area contributed by atoms with Gasteiger partial charge in [-0.1, -0.05) is 12.1 Å². The lowest BCUT2D eigenvalue weighted by Crippen LogP contribution is -2.37. The first-order valence-electron chi connectivity index (χ1n) is 6.36. The van der Waals surface area contributed by atoms with Crippen LogP contribution in [0.4, 0.5) is 5.69 Å². The summed E-state index contributed by atoms with van der Waals surface area (Å²) in [7, 11) is 3.53. The number of nitrogens with zero attached hydrogens (tertiary/aromatic N) is 1. The minimum Gasteiger partial charge on any atom is -0.399 e. The van der Waals surface area contributed by atoms with E-state index >= 15 is 0 Å². The van der Waals surface area contributed by atoms with E-state index in [1.807, 2.05) is 36.2 Å². The Bertz CT molecular complexity index is 409. The van der Waals surface area contributed by atoms with Crippen LogP contribution in [0, 0.1) is 0 Å². The Morgan fingerprint density at radius 2 is 2.26 bits per heavy atom. The van der Waals surface area contributed by atoms with Gasteiger partial charge in [-0.2, -0.15) is 0 Å². The third-order valence-electron chi connectivity index (χ3n) is 3.08. The van der Waals surface area contributed by atoms with Gasteiger partial charge in [0.2, 0.25) is 5.91 Å². The van der Waals surface area contributed by atoms with Crippen LogP contribution in [-0.4, -0.2) is 44.7 Å². The van der Waals surface area contributed by atoms with Crippen LogP contribution in [0.3, 0.4) is 0 Å². The fourth-order valence-electron chi connectivity index (χ4n) is 1.79. The molecule has 1 unspecified atom stereocenters. The number of amides is 1. The molecule has 106 valence electrons. The van der Waals surface area contributed by atoms with E-state index in [2.05, 4.69) is 12.2 Å². The number of ether oxygens (including phenoxy) is 1. The van der Waals surface area contributed by atoms with Crippen molar-refractivity contribution in [1.82, 2.24) is 10.2 Å². The van der Waals surface area contributed by atoms with Crippen molar-refractivity contribution in [2.75, 3.05) is 39.6 Å². The fraction of sp³-hybridized carbons (Fsp3) is 0.500. The molecule has 0 saturated heterocycles. The SMILES string of the molecule is COCCNC(=O)CN(C)C(C)c1cccc(N)c1. The van der Waals surface area contributed by atoms with Crippen LogP contribution in [0.25, 0.3) is 0 Å². The minimum absolute atomic E-state index is 0.00435. The Morgan fingerprint density at radius 3 is 2.89 bits per heavy atom. The molecule has 0 aliphatic rings. The van der Waals surface area contributed by atoms with Crippen LogP contribution in [0.1, 0.15) is 18.5 Å². The fourth-order valence-corrected chi connectivity index (χ4v) is 1.79. The molecular formula is C14H23N3O2. The van der Waals surface area contributed by atoms with Gasteiger partial charge in [0.25, 0.3) is 0 Å². The van der Waals surface area contributed by atoms with Crippen molar-refractivity contribution in [3.8, 4) is 0 Å². The summed E-state index contributed by atoms with van der Waals surface area (Å²) >= 11 is 0. The van der Waals surface area contributed by atoms with Crippen LogP contribution in [-0.2, 0) is 9.53 Å². The maximum absolute atomic E-state index is 11.7. The molecule has 1 atom stereocenters. The minimum atomic E-state index is -0.00435. The summed E-state index contributed by atoms with van der Waals surface area (Å²) in [5.74, 6) is -0.00435. The Kier molecular flexibility index (Phi) is 6.32. The van der Waals surface area contributed by atoms with Gasteiger partial charge in [0.1, 0.15) is 0 Å². The quantitative estimate of drug-likeness (QED) is 0.570. The van der Waals surface area contributed by atoms with Gasteiger partial charge in [-0.25, -0.2) is 0 Å². The summed E-state index contributed by atoms with van der Waals surface area (Å²) in [6.45, 7) is 3.47. The third-order valence-corrected chi connectivity index (χ3v) is 3.08. The number of rotatable bonds is 7. The number of nitrogen functional groups attached to an aromatic ring is 1. The van der Waals surface area contributed by atoms with Crippen molar-refractivity contribution in [1.29, 1.82) is 0 Å². The molecule has 5 nitrogen and oxygen atoms in total. The van der Waals surface area contributed by atoms with E-state index < -0.39 is 0 Å². The molecular weight excluding hydrogens is 242 g/mol. The average molecular weight is 265 g/mol. The highest BCUT2D eigenvalue weighted by Crippen LogP contribution is 2.20. The maximum Gasteiger partial charge on any atom is 0.234 e. The normalized spacial score (nSPS) is 12.4. The van der Waals surface area contributed by atoms with Crippen LogP contribution < -0.4 is 11.1 Å². The Morgan fingerprint density at radius 1 is 1.53 bits per heavy atom. The first kappa shape index (κ1) is 15.5. The number of carbonyl (C=O) groups excluding carboxylic acids is 1. The highest BCUT2D eigenvalue weighted by Gasteiger charge is 2.14. The molecule has 19 heavy (non-hydrogen) atoms. The lowest BCUT2D eigenvalue weighted by Gasteiger charge is -2.24. The molecule has 0 aromatic heterocycles. The molecule has 0 fully saturated rings. The lowest BCUT2D eigenvalue weighted by molar-refractivity contribution is -0.122. The molecule has 0 heterocycles. The molecule has 0 saturated carbocycles. The van der Waals surface area contributed by atoms with Crippen molar-refractivity contribution in [2.24, 2.45) is 0 Å². The monoisotopic (exact) mass is 265 g/mol. The second-order valence-corrected chi connectivity index (χ2v) is 4.60. The largest absolute Gasteiger partial charge is 0.399 e. The Hall–Kier alpha value is -1.59. The zero-order valence-corrected chi connectivity index (χ0v) is 11.8. The van der Waals surface area contributed by atoms with E-state index in [1.165, 1.54) is 0 Å². The first-order valence-corrected chi connectivity index (χ1v) is 6.36. The van der Waals surface area contributed by atoms with Crippen molar-refractivity contribution in [3.63, 3.8) is 0 Å². The van der Waals surface area contributed by atoms with Gasteiger partial charge >= 0.3 is 0 Å². The summed E-state index contributed by atoms with van der Waals surface area (Å²) < 4.78 is 4.88. The molecule has 1 amide bonds. The molecule has 0 radical (unpaired) electrons. The van der Waals surface area contributed by atoms with Gasteiger partial charge in [-0.15, -0.1) is 0 Å². The topological polar surface area (TPSA) is 67.6 Å². The summed E-state index contributed by atoms with van der Waals surface area (Å²) in [5, 5.41) is 2.80. The van der Waals surface area contributed by atoms with Gasteiger partial charge < -0.3 is 15.8 Å². The predicted molar refractivity (Wildman–Crippen MR) is 76.8 cm³/mol. The number of nitrogens with two attached hydrogens (primary N) is 1. The van der Waals surface area contributed by atoms with Crippen molar-refractivity contribution in [2.45, 2.75) is 13.0 Å². The maximum atomic E-state index is 11.7. The van der Waals surface area contributed by atoms with Gasteiger partial charge in [-0.3, -0.25) is 9.69 Å². The first-order chi connectivity index (χ1) is 9.04. The van der Waals surface area contributed by atoms with Gasteiger partial charge in [0.05, 0.1) is 13.2 Å². The molecule has 3 N–H and O–H groups in total. The summed E-state index contributed by atoms with van der Waals surface area (Å²) in [5.41, 5.74) is 7.61. The van der Waals surface area contributed by atoms with Gasteiger partial charge in [0.15, 0.2) is 0 Å². The second-order valence-electron chi connectivity index (χ2n) is 4.60. The molecule has 1 aromatic rings. The number of benzene rings is 1. The highest BCUT2D eigenvalue weighted by atomic mass is 16.5. The molecule has 0 aliphatic carbocycles. The lowest BCUT2D eigenvalue weighted by atomic mass is 10.1. The summed E-state index contributed by atoms with van der Waals surface area (Å²) in [4.78, 5) is 13.7. The molecule has 1 aromatic carbocycles. The van der Waals surface area contributed by atoms with Crippen molar-refractivity contribution in [3.05, 3.63) is 29.8 Å². The zero-order chi connectivity index (χ0) is 14.3. The molecule has 5 heteroatoms. The highest BCUT2D eigenvalue weighted by molar-refractivity contribution is 5.78. The summed E-state index contributed by atoms with van der Waals surface area (Å²) in [6.07, 6.45) is 0. The molecule has 0 aliphatic heterocycles. The van der Waals surface area contributed by atoms with Crippen LogP contribution in [0.2, 0.25) is 0 Å². The smallest absolute Gasteiger partial charge is 0.234 e. The van der Waals surface area contributed by atoms with E-state index in [1.54, 1.807) is 7.11 Å². The van der Waals surface area contributed by atoms with Crippen LogP contribution in [0.15, 0.2) is 24.3 Å². The number of anilines is 1. The number of hydrogen-bond acceptors (Lipinski definition) is 4. The van der Waals surface area contributed by atoms with Gasteiger partial charge in [-0.05, 0) is 31.7 Å². The number of likely N-dealkylation sites (N-methyl/N-ethyl adjacent to an activating group) is 1. The third kappa shape index (κ3) is 5.28. The number of hydrogen-bond donors (Lipinski definition) is 2. The van der Waals surface area contributed by atoms with E-state index in [4.69, 9.17) is 10.5 Å². The summed E-state index contributed by atoms with van der Waals surface area (Å²) in [6, 6.07) is 7.86. The predicted octanol–water partition coefficient (Wildman–Crippen LogP) is 1.02. The van der Waals surface area contributed by atoms with Crippen molar-refractivity contribution >= 4 is 11.6 Å². The van der Waals surface area contributed by atoms with E-state index in [-0.39, 0.29) is 11.9 Å². The number of methoxy groups -OCH3 is 1.